The molecule has 0 unspecified atom stereocenters. The highest BCUT2D eigenvalue weighted by molar-refractivity contribution is 7.50. The van der Waals surface area contributed by atoms with Crippen LogP contribution < -0.4 is 9.05 Å². The summed E-state index contributed by atoms with van der Waals surface area (Å²) < 4.78 is 23.1. The van der Waals surface area contributed by atoms with Crippen LogP contribution in [0.5, 0.6) is 11.5 Å². The zero-order valence-corrected chi connectivity index (χ0v) is 26.5. The van der Waals surface area contributed by atoms with Gasteiger partial charge in [-0.15, -0.1) is 0 Å². The summed E-state index contributed by atoms with van der Waals surface area (Å²) in [6.07, 6.45) is 26.0. The third-order valence-electron chi connectivity index (χ3n) is 8.74. The molecule has 0 radical (unpaired) electrons. The molecule has 44 heavy (non-hydrogen) atoms. The number of hydrogen-bond acceptors (Lipinski definition) is 2. The topological polar surface area (TPSA) is 38.2 Å². The lowest BCUT2D eigenvalue weighted by molar-refractivity contribution is 0.579. The van der Waals surface area contributed by atoms with Gasteiger partial charge in [0.2, 0.25) is 0 Å². The van der Waals surface area contributed by atoms with Gasteiger partial charge in [0.15, 0.2) is 0 Å². The number of fused-ring (bicyclic) bond motifs is 2. The Kier molecular flexibility index (Phi) is 7.64. The summed E-state index contributed by atoms with van der Waals surface area (Å²) in [6, 6.07) is 25.6. The number of rotatable bonds is 9. The molecule has 4 aromatic heterocycles. The van der Waals surface area contributed by atoms with Crippen molar-refractivity contribution >= 4 is 16.9 Å². The SMILES string of the molecule is c1ccn(P(Oc2ccc3c(c2-c2c(OP(n4cccc4)n4cccc4)ccc4c2CCCC4)CCCC3)n2cccc2)c1. The second kappa shape index (κ2) is 12.2. The first-order valence-corrected chi connectivity index (χ1v) is 18.0. The lowest BCUT2D eigenvalue weighted by atomic mass is 9.80. The quantitative estimate of drug-likeness (QED) is 0.151. The van der Waals surface area contributed by atoms with E-state index in [1.807, 2.05) is 0 Å². The highest BCUT2D eigenvalue weighted by Gasteiger charge is 2.30. The van der Waals surface area contributed by atoms with E-state index in [-0.39, 0.29) is 0 Å². The summed E-state index contributed by atoms with van der Waals surface area (Å²) >= 11 is 0. The summed E-state index contributed by atoms with van der Waals surface area (Å²) in [6.45, 7) is 0. The van der Waals surface area contributed by atoms with Gasteiger partial charge in [0, 0.05) is 60.7 Å². The number of benzene rings is 2. The second-order valence-corrected chi connectivity index (χ2v) is 14.7. The Bertz CT molecular complexity index is 1620. The van der Waals surface area contributed by atoms with Gasteiger partial charge in [-0.05, 0) is 134 Å². The first kappa shape index (κ1) is 27.6. The van der Waals surface area contributed by atoms with Gasteiger partial charge in [0.25, 0.3) is 0 Å². The summed E-state index contributed by atoms with van der Waals surface area (Å²) in [5.41, 5.74) is 8.22. The van der Waals surface area contributed by atoms with Gasteiger partial charge in [0.1, 0.15) is 11.5 Å². The van der Waals surface area contributed by atoms with Crippen molar-refractivity contribution in [2.75, 3.05) is 0 Å². The summed E-state index contributed by atoms with van der Waals surface area (Å²) in [5, 5.41) is 0. The van der Waals surface area contributed by atoms with Crippen molar-refractivity contribution in [3.63, 3.8) is 0 Å². The number of aromatic nitrogens is 4. The zero-order valence-electron chi connectivity index (χ0n) is 24.7. The molecule has 222 valence electrons. The third kappa shape index (κ3) is 5.21. The van der Waals surface area contributed by atoms with Crippen LogP contribution in [0.25, 0.3) is 11.1 Å². The van der Waals surface area contributed by atoms with Crippen molar-refractivity contribution in [2.24, 2.45) is 0 Å². The van der Waals surface area contributed by atoms with E-state index in [1.54, 1.807) is 0 Å². The fraction of sp³-hybridized carbons (Fsp3) is 0.222. The molecule has 0 fully saturated rings. The Morgan fingerprint density at radius 1 is 0.409 bits per heavy atom. The van der Waals surface area contributed by atoms with Gasteiger partial charge in [0.05, 0.1) is 0 Å². The predicted molar refractivity (Wildman–Crippen MR) is 180 cm³/mol. The Labute approximate surface area is 261 Å². The van der Waals surface area contributed by atoms with Gasteiger partial charge in [-0.1, -0.05) is 12.1 Å². The molecule has 0 saturated heterocycles. The van der Waals surface area contributed by atoms with E-state index in [2.05, 4.69) is 140 Å². The van der Waals surface area contributed by atoms with Crippen LogP contribution in [0, 0.1) is 0 Å². The first-order valence-electron chi connectivity index (χ1n) is 15.6. The molecule has 0 N–H and O–H groups in total. The third-order valence-corrected chi connectivity index (χ3v) is 12.1. The summed E-state index contributed by atoms with van der Waals surface area (Å²) in [7, 11) is -2.36. The minimum atomic E-state index is -1.18. The van der Waals surface area contributed by atoms with Crippen LogP contribution in [-0.2, 0) is 25.7 Å². The normalized spacial score (nSPS) is 14.5. The molecule has 0 aliphatic heterocycles. The van der Waals surface area contributed by atoms with E-state index in [0.29, 0.717) is 0 Å². The molecule has 0 saturated carbocycles. The number of nitrogens with zero attached hydrogens (tertiary/aromatic N) is 4. The van der Waals surface area contributed by atoms with Crippen molar-refractivity contribution in [1.29, 1.82) is 0 Å². The molecule has 0 atom stereocenters. The highest BCUT2D eigenvalue weighted by Crippen LogP contribution is 2.53. The monoisotopic (exact) mass is 618 g/mol. The van der Waals surface area contributed by atoms with E-state index in [1.165, 1.54) is 59.1 Å². The number of aryl methyl sites for hydroxylation is 2. The van der Waals surface area contributed by atoms with E-state index < -0.39 is 16.9 Å². The summed E-state index contributed by atoms with van der Waals surface area (Å²) in [5.74, 6) is 1.88. The molecule has 4 heterocycles. The van der Waals surface area contributed by atoms with Gasteiger partial charge in [-0.25, -0.2) is 0 Å². The minimum Gasteiger partial charge on any atom is -0.435 e. The molecule has 8 heteroatoms. The Morgan fingerprint density at radius 2 is 0.727 bits per heavy atom. The largest absolute Gasteiger partial charge is 0.435 e. The zero-order chi connectivity index (χ0) is 29.3. The van der Waals surface area contributed by atoms with Crippen molar-refractivity contribution in [2.45, 2.75) is 51.4 Å². The average molecular weight is 619 g/mol. The van der Waals surface area contributed by atoms with Gasteiger partial charge < -0.3 is 9.05 Å². The first-order chi connectivity index (χ1) is 21.8. The molecule has 8 rings (SSSR count). The second-order valence-electron chi connectivity index (χ2n) is 11.5. The highest BCUT2D eigenvalue weighted by atomic mass is 31.2. The smallest absolute Gasteiger partial charge is 0.317 e. The Morgan fingerprint density at radius 3 is 1.07 bits per heavy atom. The van der Waals surface area contributed by atoms with Crippen LogP contribution >= 0.6 is 16.9 Å². The molecule has 6 nitrogen and oxygen atoms in total. The summed E-state index contributed by atoms with van der Waals surface area (Å²) in [4.78, 5) is 0. The van der Waals surface area contributed by atoms with E-state index in [0.717, 1.165) is 37.2 Å². The minimum absolute atomic E-state index is 0.939. The molecule has 2 aliphatic carbocycles. The van der Waals surface area contributed by atoms with Crippen molar-refractivity contribution in [1.82, 2.24) is 17.4 Å². The van der Waals surface area contributed by atoms with Crippen LogP contribution in [0.15, 0.2) is 122 Å². The van der Waals surface area contributed by atoms with E-state index in [9.17, 15) is 0 Å². The maximum Gasteiger partial charge on any atom is 0.317 e. The molecular weight excluding hydrogens is 582 g/mol. The van der Waals surface area contributed by atoms with Crippen LogP contribution in [0.2, 0.25) is 0 Å². The van der Waals surface area contributed by atoms with Crippen molar-refractivity contribution in [3.05, 3.63) is 145 Å². The standard InChI is InChI=1S/C36H36N4O2P2/c1-3-15-31-29(13-1)17-19-33(41-43(37-21-5-6-22-37)38-23-7-8-24-38)35(31)36-32-16-4-2-14-30(32)18-20-34(36)42-44(39-25-9-10-26-39)40-27-11-12-28-40/h5-12,17-28H,1-4,13-16H2. The Hall–Kier alpha value is -3.98. The molecule has 2 aliphatic rings. The molecule has 0 amide bonds. The van der Waals surface area contributed by atoms with Gasteiger partial charge in [-0.2, -0.15) is 0 Å². The van der Waals surface area contributed by atoms with Crippen LogP contribution in [0.1, 0.15) is 47.9 Å². The molecule has 2 aromatic carbocycles. The maximum absolute atomic E-state index is 7.18. The average Bonchev–Trinajstić information content (AvgIpc) is 3.91. The molecule has 6 aromatic rings. The van der Waals surface area contributed by atoms with Crippen LogP contribution in [0.3, 0.4) is 0 Å². The lowest BCUT2D eigenvalue weighted by Gasteiger charge is -2.30. The van der Waals surface area contributed by atoms with Gasteiger partial charge in [-0.3, -0.25) is 17.4 Å². The predicted octanol–water partition coefficient (Wildman–Crippen LogP) is 9.72. The Balaban J connectivity index is 1.33. The van der Waals surface area contributed by atoms with Crippen molar-refractivity contribution < 1.29 is 9.05 Å². The molecule has 0 spiro atoms. The van der Waals surface area contributed by atoms with Crippen LogP contribution in [-0.4, -0.2) is 17.4 Å². The lowest BCUT2D eigenvalue weighted by Crippen LogP contribution is -2.12. The van der Waals surface area contributed by atoms with Crippen LogP contribution in [0.4, 0.5) is 0 Å². The number of hydrogen-bond donors (Lipinski definition) is 0. The molecule has 0 bridgehead atoms. The van der Waals surface area contributed by atoms with Gasteiger partial charge >= 0.3 is 16.9 Å². The fourth-order valence-electron chi connectivity index (χ4n) is 6.67. The van der Waals surface area contributed by atoms with E-state index >= 15 is 0 Å². The fourth-order valence-corrected chi connectivity index (χ4v) is 9.71. The van der Waals surface area contributed by atoms with E-state index in [4.69, 9.17) is 9.05 Å². The maximum atomic E-state index is 7.18. The van der Waals surface area contributed by atoms with Crippen molar-refractivity contribution in [3.8, 4) is 22.6 Å². The molecular formula is C36H36N4O2P2.